The van der Waals surface area contributed by atoms with Crippen LogP contribution in [0, 0.1) is 6.92 Å². The number of carboxylic acid groups (broad SMARTS) is 1. The molecular formula is C19H22BN3O7. The second kappa shape index (κ2) is 7.65. The molecule has 2 fully saturated rings. The number of ether oxygens (including phenoxy) is 1. The first-order valence-corrected chi connectivity index (χ1v) is 9.65. The third kappa shape index (κ3) is 3.85. The minimum atomic E-state index is -1.51. The van der Waals surface area contributed by atoms with Crippen molar-refractivity contribution < 1.29 is 34.6 Å². The van der Waals surface area contributed by atoms with Crippen LogP contribution in [0.4, 0.5) is 0 Å². The molecule has 2 aliphatic rings. The van der Waals surface area contributed by atoms with Crippen LogP contribution in [0.15, 0.2) is 18.3 Å². The number of nitrogens with one attached hydrogen (secondary N) is 1. The molecule has 11 heteroatoms. The first-order valence-electron chi connectivity index (χ1n) is 9.65. The number of amides is 1. The SMILES string of the molecule is Cc1nc(CC(=O)N2CC(Oc3ccc([C@H]4C[C@H]4B(O)O)c(O)c3C(=O)O)C2)c[nH]1. The lowest BCUT2D eigenvalue weighted by Gasteiger charge is -2.39. The fraction of sp³-hybridized carbons (Fsp3) is 0.421. The summed E-state index contributed by atoms with van der Waals surface area (Å²) in [5.74, 6) is -1.83. The number of likely N-dealkylation sites (tertiary alicyclic amines) is 1. The highest BCUT2D eigenvalue weighted by molar-refractivity contribution is 6.44. The van der Waals surface area contributed by atoms with E-state index < -0.39 is 24.7 Å². The molecule has 0 unspecified atom stereocenters. The molecule has 1 amide bonds. The summed E-state index contributed by atoms with van der Waals surface area (Å²) in [4.78, 5) is 32.7. The number of nitrogens with zero attached hydrogens (tertiary/aromatic N) is 2. The van der Waals surface area contributed by atoms with Gasteiger partial charge in [-0.25, -0.2) is 9.78 Å². The molecule has 2 aromatic rings. The number of carbonyl (C=O) groups excluding carboxylic acids is 1. The largest absolute Gasteiger partial charge is 0.507 e. The van der Waals surface area contributed by atoms with Gasteiger partial charge in [-0.2, -0.15) is 0 Å². The maximum Gasteiger partial charge on any atom is 0.455 e. The quantitative estimate of drug-likeness (QED) is 0.404. The number of aryl methyl sites for hydroxylation is 1. The van der Waals surface area contributed by atoms with Gasteiger partial charge in [0.1, 0.15) is 29.0 Å². The number of phenols is 1. The Kier molecular flexibility index (Phi) is 5.16. The number of aromatic carboxylic acids is 1. The number of carbonyl (C=O) groups is 2. The van der Waals surface area contributed by atoms with Crippen LogP contribution in [0.3, 0.4) is 0 Å². The Hall–Kier alpha value is -3.05. The summed E-state index contributed by atoms with van der Waals surface area (Å²) in [6.45, 7) is 2.42. The van der Waals surface area contributed by atoms with E-state index in [0.29, 0.717) is 30.8 Å². The number of hydrogen-bond acceptors (Lipinski definition) is 7. The highest BCUT2D eigenvalue weighted by Gasteiger charge is 2.48. The first-order chi connectivity index (χ1) is 14.2. The average molecular weight is 415 g/mol. The van der Waals surface area contributed by atoms with Gasteiger partial charge in [0.25, 0.3) is 0 Å². The Bertz CT molecular complexity index is 987. The Balaban J connectivity index is 1.40. The summed E-state index contributed by atoms with van der Waals surface area (Å²) >= 11 is 0. The number of rotatable bonds is 7. The van der Waals surface area contributed by atoms with Gasteiger partial charge < -0.3 is 34.9 Å². The van der Waals surface area contributed by atoms with E-state index in [4.69, 9.17) is 4.74 Å². The molecule has 1 aromatic carbocycles. The Morgan fingerprint density at radius 2 is 2.07 bits per heavy atom. The van der Waals surface area contributed by atoms with Crippen LogP contribution >= 0.6 is 0 Å². The van der Waals surface area contributed by atoms with Gasteiger partial charge in [0.15, 0.2) is 0 Å². The van der Waals surface area contributed by atoms with E-state index in [0.717, 1.165) is 5.82 Å². The van der Waals surface area contributed by atoms with Gasteiger partial charge in [-0.3, -0.25) is 4.79 Å². The highest BCUT2D eigenvalue weighted by atomic mass is 16.5. The molecule has 1 saturated carbocycles. The lowest BCUT2D eigenvalue weighted by molar-refractivity contribution is -0.139. The van der Waals surface area contributed by atoms with Crippen molar-refractivity contribution >= 4 is 19.0 Å². The molecule has 5 N–H and O–H groups in total. The zero-order chi connectivity index (χ0) is 21.6. The minimum Gasteiger partial charge on any atom is -0.507 e. The standard InChI is InChI=1S/C19H22BN3O7/c1-9-21-6-10(22-9)4-16(24)23-7-11(8-23)30-15-3-2-12(13-5-14(13)20(28)29)18(25)17(15)19(26)27/h2-3,6,11,13-14,25,28-29H,4-5,7-8H2,1H3,(H,21,22)(H,26,27)/t13-,14-/m1/s1. The summed E-state index contributed by atoms with van der Waals surface area (Å²) in [6, 6.07) is 3.01. The van der Waals surface area contributed by atoms with Crippen molar-refractivity contribution in [3.8, 4) is 11.5 Å². The van der Waals surface area contributed by atoms with E-state index in [1.54, 1.807) is 24.1 Å². The first kappa shape index (κ1) is 20.2. The normalized spacial score (nSPS) is 20.6. The molecule has 1 aliphatic heterocycles. The fourth-order valence-electron chi connectivity index (χ4n) is 3.82. The Labute approximate surface area is 172 Å². The van der Waals surface area contributed by atoms with Crippen molar-refractivity contribution in [2.45, 2.75) is 37.6 Å². The maximum absolute atomic E-state index is 12.3. The molecule has 1 aliphatic carbocycles. The van der Waals surface area contributed by atoms with E-state index in [1.807, 2.05) is 0 Å². The van der Waals surface area contributed by atoms with Crippen molar-refractivity contribution in [2.24, 2.45) is 0 Å². The molecule has 10 nitrogen and oxygen atoms in total. The van der Waals surface area contributed by atoms with Gasteiger partial charge in [-0.15, -0.1) is 0 Å². The number of aromatic amines is 1. The molecular weight excluding hydrogens is 393 g/mol. The number of aromatic nitrogens is 2. The summed E-state index contributed by atoms with van der Waals surface area (Å²) in [7, 11) is -1.51. The van der Waals surface area contributed by atoms with E-state index in [-0.39, 0.29) is 35.7 Å². The van der Waals surface area contributed by atoms with Crippen molar-refractivity contribution in [3.05, 3.63) is 41.0 Å². The van der Waals surface area contributed by atoms with Gasteiger partial charge in [0, 0.05) is 12.0 Å². The fourth-order valence-corrected chi connectivity index (χ4v) is 3.82. The zero-order valence-electron chi connectivity index (χ0n) is 16.3. The summed E-state index contributed by atoms with van der Waals surface area (Å²) in [6.07, 6.45) is 1.93. The third-order valence-electron chi connectivity index (χ3n) is 5.59. The van der Waals surface area contributed by atoms with Gasteiger partial charge in [0.05, 0.1) is 25.2 Å². The molecule has 2 heterocycles. The smallest absolute Gasteiger partial charge is 0.455 e. The molecule has 0 radical (unpaired) electrons. The topological polar surface area (TPSA) is 156 Å². The predicted molar refractivity (Wildman–Crippen MR) is 104 cm³/mol. The van der Waals surface area contributed by atoms with Gasteiger partial charge >= 0.3 is 13.1 Å². The second-order valence-electron chi connectivity index (χ2n) is 7.79. The van der Waals surface area contributed by atoms with Crippen LogP contribution in [0.2, 0.25) is 5.82 Å². The van der Waals surface area contributed by atoms with E-state index in [1.165, 1.54) is 6.07 Å². The van der Waals surface area contributed by atoms with E-state index in [2.05, 4.69) is 9.97 Å². The number of hydrogen-bond donors (Lipinski definition) is 5. The van der Waals surface area contributed by atoms with E-state index in [9.17, 15) is 29.9 Å². The summed E-state index contributed by atoms with van der Waals surface area (Å²) in [5, 5.41) is 38.5. The Morgan fingerprint density at radius 1 is 1.33 bits per heavy atom. The van der Waals surface area contributed by atoms with Crippen LogP contribution in [0.1, 0.15) is 39.8 Å². The second-order valence-corrected chi connectivity index (χ2v) is 7.79. The van der Waals surface area contributed by atoms with Crippen molar-refractivity contribution in [2.75, 3.05) is 13.1 Å². The van der Waals surface area contributed by atoms with Crippen molar-refractivity contribution in [1.82, 2.24) is 14.9 Å². The van der Waals surface area contributed by atoms with Crippen LogP contribution in [-0.2, 0) is 11.2 Å². The van der Waals surface area contributed by atoms with Gasteiger partial charge in [0.2, 0.25) is 5.91 Å². The maximum atomic E-state index is 12.3. The molecule has 0 spiro atoms. The molecule has 158 valence electrons. The van der Waals surface area contributed by atoms with Crippen LogP contribution < -0.4 is 4.74 Å². The van der Waals surface area contributed by atoms with Crippen LogP contribution in [-0.4, -0.2) is 73.3 Å². The molecule has 30 heavy (non-hydrogen) atoms. The molecule has 1 aromatic heterocycles. The molecule has 1 saturated heterocycles. The predicted octanol–water partition coefficient (Wildman–Crippen LogP) is 0.285. The summed E-state index contributed by atoms with van der Waals surface area (Å²) < 4.78 is 5.73. The number of imidazole rings is 1. The molecule has 0 bridgehead atoms. The van der Waals surface area contributed by atoms with Gasteiger partial charge in [-0.05, 0) is 30.9 Å². The lowest BCUT2D eigenvalue weighted by atomic mass is 9.81. The lowest BCUT2D eigenvalue weighted by Crippen LogP contribution is -2.56. The van der Waals surface area contributed by atoms with Crippen LogP contribution in [0.25, 0.3) is 0 Å². The van der Waals surface area contributed by atoms with Crippen LogP contribution in [0.5, 0.6) is 11.5 Å². The zero-order valence-corrected chi connectivity index (χ0v) is 16.3. The number of aromatic hydroxyl groups is 1. The Morgan fingerprint density at radius 3 is 2.63 bits per heavy atom. The highest BCUT2D eigenvalue weighted by Crippen LogP contribution is 2.56. The van der Waals surface area contributed by atoms with Gasteiger partial charge in [-0.1, -0.05) is 6.07 Å². The molecule has 2 atom stereocenters. The molecule has 4 rings (SSSR count). The number of H-pyrrole nitrogens is 1. The number of carboxylic acids is 1. The minimum absolute atomic E-state index is 0.0190. The van der Waals surface area contributed by atoms with Crippen molar-refractivity contribution in [1.29, 1.82) is 0 Å². The summed E-state index contributed by atoms with van der Waals surface area (Å²) in [5.41, 5.74) is 0.654. The van der Waals surface area contributed by atoms with Crippen molar-refractivity contribution in [3.63, 3.8) is 0 Å². The average Bonchev–Trinajstić information content (AvgIpc) is 3.33. The monoisotopic (exact) mass is 415 g/mol. The van der Waals surface area contributed by atoms with E-state index >= 15 is 0 Å². The number of benzene rings is 1. The third-order valence-corrected chi connectivity index (χ3v) is 5.59.